The highest BCUT2D eigenvalue weighted by atomic mass is 16.5. The van der Waals surface area contributed by atoms with Gasteiger partial charge in [0.15, 0.2) is 0 Å². The van der Waals surface area contributed by atoms with E-state index in [4.69, 9.17) is 4.74 Å². The van der Waals surface area contributed by atoms with Crippen LogP contribution in [0.15, 0.2) is 0 Å². The maximum atomic E-state index is 9.83. The molecule has 1 fully saturated rings. The fraction of sp³-hybridized carbons (Fsp3) is 1.00. The van der Waals surface area contributed by atoms with E-state index < -0.39 is 5.60 Å². The smallest absolute Gasteiger partial charge is 0.0882 e. The van der Waals surface area contributed by atoms with Crippen LogP contribution >= 0.6 is 0 Å². The molecule has 0 saturated heterocycles. The minimum atomic E-state index is -0.588. The van der Waals surface area contributed by atoms with Crippen LogP contribution in [0.3, 0.4) is 0 Å². The van der Waals surface area contributed by atoms with Gasteiger partial charge in [-0.25, -0.2) is 0 Å². The number of aliphatic hydroxyl groups is 1. The van der Waals surface area contributed by atoms with Crippen molar-refractivity contribution in [2.45, 2.75) is 32.8 Å². The maximum Gasteiger partial charge on any atom is 0.0882 e. The van der Waals surface area contributed by atoms with Crippen LogP contribution in [0.5, 0.6) is 0 Å². The molecule has 1 rings (SSSR count). The van der Waals surface area contributed by atoms with Crippen molar-refractivity contribution < 1.29 is 9.84 Å². The van der Waals surface area contributed by atoms with E-state index in [0.717, 1.165) is 6.42 Å². The molecule has 2 heteroatoms. The van der Waals surface area contributed by atoms with Gasteiger partial charge in [-0.1, -0.05) is 6.92 Å². The zero-order valence-corrected chi connectivity index (χ0v) is 7.63. The van der Waals surface area contributed by atoms with E-state index in [1.54, 1.807) is 0 Å². The van der Waals surface area contributed by atoms with Gasteiger partial charge >= 0.3 is 0 Å². The van der Waals surface area contributed by atoms with Crippen LogP contribution in [0.4, 0.5) is 0 Å². The van der Waals surface area contributed by atoms with E-state index >= 15 is 0 Å². The average molecular weight is 158 g/mol. The van der Waals surface area contributed by atoms with Gasteiger partial charge < -0.3 is 9.84 Å². The van der Waals surface area contributed by atoms with Crippen molar-refractivity contribution in [1.82, 2.24) is 0 Å². The lowest BCUT2D eigenvalue weighted by Crippen LogP contribution is -2.33. The summed E-state index contributed by atoms with van der Waals surface area (Å²) in [6, 6.07) is 0. The van der Waals surface area contributed by atoms with Gasteiger partial charge in [-0.15, -0.1) is 0 Å². The van der Waals surface area contributed by atoms with Crippen molar-refractivity contribution in [1.29, 1.82) is 0 Å². The van der Waals surface area contributed by atoms with Gasteiger partial charge in [-0.2, -0.15) is 0 Å². The number of hydrogen-bond acceptors (Lipinski definition) is 2. The molecular weight excluding hydrogens is 140 g/mol. The second-order valence-electron chi connectivity index (χ2n) is 3.81. The zero-order valence-electron chi connectivity index (χ0n) is 7.63. The first-order valence-electron chi connectivity index (χ1n) is 4.38. The topological polar surface area (TPSA) is 29.5 Å². The summed E-state index contributed by atoms with van der Waals surface area (Å²) in [4.78, 5) is 0. The molecule has 3 atom stereocenters. The molecule has 0 aromatic carbocycles. The van der Waals surface area contributed by atoms with Gasteiger partial charge in [0.1, 0.15) is 0 Å². The minimum Gasteiger partial charge on any atom is -0.387 e. The van der Waals surface area contributed by atoms with Crippen molar-refractivity contribution in [3.05, 3.63) is 0 Å². The molecule has 1 N–H and O–H groups in total. The van der Waals surface area contributed by atoms with Crippen LogP contribution in [0, 0.1) is 11.8 Å². The molecule has 0 spiro atoms. The third-order valence-electron chi connectivity index (χ3n) is 2.51. The predicted molar refractivity (Wildman–Crippen MR) is 44.4 cm³/mol. The molecule has 2 nitrogen and oxygen atoms in total. The molecule has 0 aromatic heterocycles. The quantitative estimate of drug-likeness (QED) is 0.670. The summed E-state index contributed by atoms with van der Waals surface area (Å²) in [5.41, 5.74) is -0.588. The Balaban J connectivity index is 2.28. The molecule has 0 aromatic rings. The lowest BCUT2D eigenvalue weighted by Gasteiger charge is -2.22. The molecule has 11 heavy (non-hydrogen) atoms. The van der Waals surface area contributed by atoms with E-state index in [1.165, 1.54) is 0 Å². The van der Waals surface area contributed by atoms with Crippen LogP contribution in [0.1, 0.15) is 27.2 Å². The standard InChI is InChI=1S/C9H18O2/c1-4-11-6-9(3,10)8-5-7(8)2/h7-8,10H,4-6H2,1-3H3. The molecule has 1 aliphatic rings. The first-order valence-corrected chi connectivity index (χ1v) is 4.38. The van der Waals surface area contributed by atoms with Crippen LogP contribution < -0.4 is 0 Å². The molecule has 0 amide bonds. The van der Waals surface area contributed by atoms with E-state index in [-0.39, 0.29) is 0 Å². The maximum absolute atomic E-state index is 9.83. The molecule has 66 valence electrons. The van der Waals surface area contributed by atoms with Gasteiger partial charge in [0.2, 0.25) is 0 Å². The van der Waals surface area contributed by atoms with Gasteiger partial charge in [0.05, 0.1) is 12.2 Å². The summed E-state index contributed by atoms with van der Waals surface area (Å²) in [5.74, 6) is 1.15. The lowest BCUT2D eigenvalue weighted by atomic mass is 10.0. The second-order valence-corrected chi connectivity index (χ2v) is 3.81. The summed E-state index contributed by atoms with van der Waals surface area (Å²) in [5, 5.41) is 9.83. The summed E-state index contributed by atoms with van der Waals surface area (Å²) >= 11 is 0. The lowest BCUT2D eigenvalue weighted by molar-refractivity contribution is -0.0481. The van der Waals surface area contributed by atoms with Crippen LogP contribution in [0.25, 0.3) is 0 Å². The summed E-state index contributed by atoms with van der Waals surface area (Å²) in [6.45, 7) is 7.17. The number of rotatable bonds is 4. The highest BCUT2D eigenvalue weighted by Crippen LogP contribution is 2.45. The van der Waals surface area contributed by atoms with Crippen molar-refractivity contribution in [2.24, 2.45) is 11.8 Å². The fourth-order valence-corrected chi connectivity index (χ4v) is 1.60. The molecule has 1 aliphatic carbocycles. The van der Waals surface area contributed by atoms with E-state index in [9.17, 15) is 5.11 Å². The van der Waals surface area contributed by atoms with Crippen LogP contribution in [-0.2, 0) is 4.74 Å². The molecular formula is C9H18O2. The number of ether oxygens (including phenoxy) is 1. The van der Waals surface area contributed by atoms with E-state index in [2.05, 4.69) is 6.92 Å². The fourth-order valence-electron chi connectivity index (χ4n) is 1.60. The van der Waals surface area contributed by atoms with Gasteiger partial charge in [0, 0.05) is 6.61 Å². The SMILES string of the molecule is CCOCC(C)(O)C1CC1C. The Bertz CT molecular complexity index is 132. The van der Waals surface area contributed by atoms with Crippen molar-refractivity contribution in [2.75, 3.05) is 13.2 Å². The van der Waals surface area contributed by atoms with Gasteiger partial charge in [0.25, 0.3) is 0 Å². The summed E-state index contributed by atoms with van der Waals surface area (Å²) in [6.07, 6.45) is 1.15. The Morgan fingerprint density at radius 2 is 2.18 bits per heavy atom. The molecule has 0 heterocycles. The Morgan fingerprint density at radius 1 is 1.64 bits per heavy atom. The second kappa shape index (κ2) is 3.11. The third kappa shape index (κ3) is 2.17. The van der Waals surface area contributed by atoms with Crippen molar-refractivity contribution in [3.8, 4) is 0 Å². The third-order valence-corrected chi connectivity index (χ3v) is 2.51. The largest absolute Gasteiger partial charge is 0.387 e. The summed E-state index contributed by atoms with van der Waals surface area (Å²) < 4.78 is 5.20. The van der Waals surface area contributed by atoms with Crippen molar-refractivity contribution in [3.63, 3.8) is 0 Å². The molecule has 1 saturated carbocycles. The minimum absolute atomic E-state index is 0.467. The van der Waals surface area contributed by atoms with E-state index in [1.807, 2.05) is 13.8 Å². The van der Waals surface area contributed by atoms with Crippen molar-refractivity contribution >= 4 is 0 Å². The van der Waals surface area contributed by atoms with Gasteiger partial charge in [-0.3, -0.25) is 0 Å². The average Bonchev–Trinajstić information content (AvgIpc) is 2.63. The zero-order chi connectivity index (χ0) is 8.48. The monoisotopic (exact) mass is 158 g/mol. The molecule has 3 unspecified atom stereocenters. The Morgan fingerprint density at radius 3 is 2.55 bits per heavy atom. The first-order chi connectivity index (χ1) is 5.08. The molecule has 0 bridgehead atoms. The highest BCUT2D eigenvalue weighted by molar-refractivity contribution is 4.96. The van der Waals surface area contributed by atoms with E-state index in [0.29, 0.717) is 25.0 Å². The molecule has 0 aliphatic heterocycles. The highest BCUT2D eigenvalue weighted by Gasteiger charge is 2.46. The Hall–Kier alpha value is -0.0800. The Labute approximate surface area is 68.6 Å². The Kier molecular flexibility index (Phi) is 2.55. The normalized spacial score (nSPS) is 34.9. The molecule has 0 radical (unpaired) electrons. The van der Waals surface area contributed by atoms with Crippen LogP contribution in [-0.4, -0.2) is 23.9 Å². The van der Waals surface area contributed by atoms with Gasteiger partial charge in [-0.05, 0) is 32.1 Å². The summed E-state index contributed by atoms with van der Waals surface area (Å²) in [7, 11) is 0. The predicted octanol–water partition coefficient (Wildman–Crippen LogP) is 1.43. The first kappa shape index (κ1) is 9.01. The van der Waals surface area contributed by atoms with Crippen LogP contribution in [0.2, 0.25) is 0 Å². The number of hydrogen-bond donors (Lipinski definition) is 1.